The van der Waals surface area contributed by atoms with Crippen molar-refractivity contribution in [1.29, 1.82) is 0 Å². The van der Waals surface area contributed by atoms with Crippen LogP contribution in [0.5, 0.6) is 5.75 Å². The topological polar surface area (TPSA) is 33.3 Å². The number of halogens is 1. The Balaban J connectivity index is 1.66. The predicted octanol–water partition coefficient (Wildman–Crippen LogP) is 3.71. The van der Waals surface area contributed by atoms with Crippen molar-refractivity contribution in [3.05, 3.63) is 59.6 Å². The lowest BCUT2D eigenvalue weighted by Crippen LogP contribution is -2.31. The number of thiocarbonyl (C=S) groups is 1. The van der Waals surface area contributed by atoms with Crippen LogP contribution in [0, 0.1) is 0 Å². The van der Waals surface area contributed by atoms with E-state index in [9.17, 15) is 0 Å². The zero-order valence-electron chi connectivity index (χ0n) is 10.8. The van der Waals surface area contributed by atoms with Crippen molar-refractivity contribution in [2.24, 2.45) is 0 Å². The molecular weight excluding hydrogens is 292 g/mol. The summed E-state index contributed by atoms with van der Waals surface area (Å²) in [5.74, 6) is 0.853. The maximum Gasteiger partial charge on any atom is 0.170 e. The molecule has 0 fully saturated rings. The van der Waals surface area contributed by atoms with Crippen LogP contribution in [0.4, 0.5) is 5.69 Å². The third-order valence-electron chi connectivity index (χ3n) is 2.50. The highest BCUT2D eigenvalue weighted by Gasteiger charge is 1.97. The van der Waals surface area contributed by atoms with Crippen LogP contribution >= 0.6 is 23.8 Å². The first kappa shape index (κ1) is 14.6. The molecule has 2 rings (SSSR count). The number of nitrogens with one attached hydrogen (secondary N) is 2. The Bertz CT molecular complexity index is 546. The molecule has 104 valence electrons. The van der Waals surface area contributed by atoms with Gasteiger partial charge in [-0.15, -0.1) is 0 Å². The molecule has 20 heavy (non-hydrogen) atoms. The van der Waals surface area contributed by atoms with Gasteiger partial charge in [0.05, 0.1) is 6.54 Å². The van der Waals surface area contributed by atoms with Crippen LogP contribution in [0.2, 0.25) is 5.02 Å². The monoisotopic (exact) mass is 306 g/mol. The Morgan fingerprint density at radius 1 is 1.05 bits per heavy atom. The minimum absolute atomic E-state index is 0.548. The number of rotatable bonds is 5. The van der Waals surface area contributed by atoms with Crippen molar-refractivity contribution in [2.45, 2.75) is 0 Å². The molecule has 0 amide bonds. The first-order valence-corrected chi connectivity index (χ1v) is 7.01. The minimum atomic E-state index is 0.548. The number of anilines is 1. The molecule has 0 aromatic heterocycles. The second kappa shape index (κ2) is 7.72. The smallest absolute Gasteiger partial charge is 0.170 e. The highest BCUT2D eigenvalue weighted by Crippen LogP contribution is 2.13. The van der Waals surface area contributed by atoms with Crippen LogP contribution < -0.4 is 15.4 Å². The summed E-state index contributed by atoms with van der Waals surface area (Å²) in [6.45, 7) is 1.18. The van der Waals surface area contributed by atoms with Crippen molar-refractivity contribution in [3.63, 3.8) is 0 Å². The third-order valence-corrected chi connectivity index (χ3v) is 3.00. The SMILES string of the molecule is S=C(NCCOc1ccccc1)Nc1ccc(Cl)cc1. The van der Waals surface area contributed by atoms with E-state index in [1.54, 1.807) is 0 Å². The molecular formula is C15H15ClN2OS. The summed E-state index contributed by atoms with van der Waals surface area (Å²) in [5.41, 5.74) is 0.899. The van der Waals surface area contributed by atoms with Gasteiger partial charge >= 0.3 is 0 Å². The molecule has 5 heteroatoms. The second-order valence-electron chi connectivity index (χ2n) is 4.05. The lowest BCUT2D eigenvalue weighted by molar-refractivity contribution is 0.323. The van der Waals surface area contributed by atoms with Crippen molar-refractivity contribution in [1.82, 2.24) is 5.32 Å². The minimum Gasteiger partial charge on any atom is -0.492 e. The summed E-state index contributed by atoms with van der Waals surface area (Å²) in [6, 6.07) is 17.0. The normalized spacial score (nSPS) is 9.85. The van der Waals surface area contributed by atoms with Gasteiger partial charge in [0.25, 0.3) is 0 Å². The Morgan fingerprint density at radius 3 is 2.45 bits per heavy atom. The van der Waals surface area contributed by atoms with E-state index >= 15 is 0 Å². The maximum atomic E-state index is 5.82. The Morgan fingerprint density at radius 2 is 1.75 bits per heavy atom. The van der Waals surface area contributed by atoms with Gasteiger partial charge in [0, 0.05) is 10.7 Å². The molecule has 0 saturated carbocycles. The van der Waals surface area contributed by atoms with Crippen molar-refractivity contribution in [3.8, 4) is 5.75 Å². The predicted molar refractivity (Wildman–Crippen MR) is 87.6 cm³/mol. The van der Waals surface area contributed by atoms with E-state index in [2.05, 4.69) is 10.6 Å². The molecule has 0 radical (unpaired) electrons. The second-order valence-corrected chi connectivity index (χ2v) is 4.89. The summed E-state index contributed by atoms with van der Waals surface area (Å²) < 4.78 is 5.55. The Kier molecular flexibility index (Phi) is 5.65. The molecule has 2 aromatic carbocycles. The maximum absolute atomic E-state index is 5.82. The van der Waals surface area contributed by atoms with Gasteiger partial charge in [-0.05, 0) is 48.6 Å². The van der Waals surface area contributed by atoms with Crippen LogP contribution in [-0.4, -0.2) is 18.3 Å². The number of benzene rings is 2. The molecule has 3 nitrogen and oxygen atoms in total. The van der Waals surface area contributed by atoms with Crippen LogP contribution in [0.25, 0.3) is 0 Å². The first-order valence-electron chi connectivity index (χ1n) is 6.22. The average molecular weight is 307 g/mol. The molecule has 0 aliphatic heterocycles. The summed E-state index contributed by atoms with van der Waals surface area (Å²) >= 11 is 11.0. The molecule has 0 aliphatic rings. The average Bonchev–Trinajstić information content (AvgIpc) is 2.47. The zero-order chi connectivity index (χ0) is 14.2. The molecule has 0 unspecified atom stereocenters. The fraction of sp³-hybridized carbons (Fsp3) is 0.133. The first-order chi connectivity index (χ1) is 9.74. The van der Waals surface area contributed by atoms with E-state index < -0.39 is 0 Å². The van der Waals surface area contributed by atoms with Gasteiger partial charge in [0.1, 0.15) is 12.4 Å². The van der Waals surface area contributed by atoms with Crippen molar-refractivity contribution >= 4 is 34.6 Å². The molecule has 0 bridgehead atoms. The number of ether oxygens (including phenoxy) is 1. The summed E-state index contributed by atoms with van der Waals surface area (Å²) in [5, 5.41) is 7.41. The van der Waals surface area contributed by atoms with E-state index in [1.807, 2.05) is 54.6 Å². The van der Waals surface area contributed by atoms with E-state index in [1.165, 1.54) is 0 Å². The van der Waals surface area contributed by atoms with Gasteiger partial charge in [0.15, 0.2) is 5.11 Å². The molecule has 0 saturated heterocycles. The number of para-hydroxylation sites is 1. The zero-order valence-corrected chi connectivity index (χ0v) is 12.4. The highest BCUT2D eigenvalue weighted by atomic mass is 35.5. The number of hydrogen-bond donors (Lipinski definition) is 2. The van der Waals surface area contributed by atoms with Gasteiger partial charge in [-0.3, -0.25) is 0 Å². The van der Waals surface area contributed by atoms with Gasteiger partial charge in [-0.2, -0.15) is 0 Å². The summed E-state index contributed by atoms with van der Waals surface area (Å²) in [6.07, 6.45) is 0. The van der Waals surface area contributed by atoms with Crippen LogP contribution in [0.3, 0.4) is 0 Å². The van der Waals surface area contributed by atoms with Crippen molar-refractivity contribution in [2.75, 3.05) is 18.5 Å². The van der Waals surface area contributed by atoms with Gasteiger partial charge in [0.2, 0.25) is 0 Å². The highest BCUT2D eigenvalue weighted by molar-refractivity contribution is 7.80. The standard InChI is InChI=1S/C15H15ClN2OS/c16-12-6-8-13(9-7-12)18-15(20)17-10-11-19-14-4-2-1-3-5-14/h1-9H,10-11H2,(H2,17,18,20). The van der Waals surface area contributed by atoms with Crippen LogP contribution in [0.1, 0.15) is 0 Å². The fourth-order valence-electron chi connectivity index (χ4n) is 1.56. The summed E-state index contributed by atoms with van der Waals surface area (Å²) in [7, 11) is 0. The van der Waals surface area contributed by atoms with Crippen LogP contribution in [-0.2, 0) is 0 Å². The van der Waals surface area contributed by atoms with Gasteiger partial charge in [-0.1, -0.05) is 29.8 Å². The number of hydrogen-bond acceptors (Lipinski definition) is 2. The Hall–Kier alpha value is -1.78. The van der Waals surface area contributed by atoms with E-state index in [-0.39, 0.29) is 0 Å². The molecule has 2 N–H and O–H groups in total. The Labute approximate surface area is 128 Å². The fourth-order valence-corrected chi connectivity index (χ4v) is 1.90. The molecule has 0 heterocycles. The lowest BCUT2D eigenvalue weighted by Gasteiger charge is -2.11. The van der Waals surface area contributed by atoms with Gasteiger partial charge < -0.3 is 15.4 Å². The molecule has 2 aromatic rings. The van der Waals surface area contributed by atoms with E-state index in [4.69, 9.17) is 28.6 Å². The van der Waals surface area contributed by atoms with E-state index in [0.717, 1.165) is 11.4 Å². The summed E-state index contributed by atoms with van der Waals surface area (Å²) in [4.78, 5) is 0. The molecule has 0 spiro atoms. The largest absolute Gasteiger partial charge is 0.492 e. The third kappa shape index (κ3) is 5.07. The molecule has 0 atom stereocenters. The van der Waals surface area contributed by atoms with Crippen molar-refractivity contribution < 1.29 is 4.74 Å². The van der Waals surface area contributed by atoms with E-state index in [0.29, 0.717) is 23.3 Å². The quantitative estimate of drug-likeness (QED) is 0.652. The van der Waals surface area contributed by atoms with Gasteiger partial charge in [-0.25, -0.2) is 0 Å². The lowest BCUT2D eigenvalue weighted by atomic mass is 10.3. The molecule has 0 aliphatic carbocycles. The van der Waals surface area contributed by atoms with Crippen LogP contribution in [0.15, 0.2) is 54.6 Å².